The Balaban J connectivity index is 1.53. The summed E-state index contributed by atoms with van der Waals surface area (Å²) in [5.74, 6) is -0.383. The van der Waals surface area contributed by atoms with Gasteiger partial charge in [0.1, 0.15) is 12.4 Å². The molecule has 2 N–H and O–H groups in total. The molecule has 0 heterocycles. The predicted molar refractivity (Wildman–Crippen MR) is 152 cm³/mol. The summed E-state index contributed by atoms with van der Waals surface area (Å²) in [6.07, 6.45) is -0.630. The van der Waals surface area contributed by atoms with Gasteiger partial charge in [0.2, 0.25) is 0 Å². The summed E-state index contributed by atoms with van der Waals surface area (Å²) in [5.41, 5.74) is 2.35. The molecule has 1 unspecified atom stereocenters. The molecule has 0 radical (unpaired) electrons. The Hall–Kier alpha value is -3.30. The van der Waals surface area contributed by atoms with Crippen LogP contribution in [-0.4, -0.2) is 61.0 Å². The van der Waals surface area contributed by atoms with Crippen LogP contribution in [0.5, 0.6) is 5.75 Å². The number of hydrogen-bond donors (Lipinski definition) is 2. The number of ether oxygens (including phenoxy) is 3. The zero-order valence-corrected chi connectivity index (χ0v) is 23.2. The Labute approximate surface area is 238 Å². The maximum Gasteiger partial charge on any atom is 0.333 e. The standard InChI is InChI=1S/C29H32Cl2N2O6/c1-2-38-27(28(34)35)18-21-8-10-26(11-9-21)39-15-13-33(29(36)32-25-6-4-3-5-7-25)12-14-37-20-22-16-23(30)19-24(31)17-22/h3-11,16-17,19,27H,2,12-15,18,20H2,1H3,(H,32,36)(H,34,35). The Kier molecular flexibility index (Phi) is 12.4. The van der Waals surface area contributed by atoms with Gasteiger partial charge < -0.3 is 29.5 Å². The molecule has 0 saturated heterocycles. The Bertz CT molecular complexity index is 1170. The average molecular weight is 575 g/mol. The number of hydrogen-bond acceptors (Lipinski definition) is 5. The Morgan fingerprint density at radius 2 is 1.59 bits per heavy atom. The SMILES string of the molecule is CCOC(Cc1ccc(OCCN(CCOCc2cc(Cl)cc(Cl)c2)C(=O)Nc2ccccc2)cc1)C(=O)O. The number of aliphatic carboxylic acids is 1. The van der Waals surface area contributed by atoms with Gasteiger partial charge in [-0.2, -0.15) is 0 Å². The van der Waals surface area contributed by atoms with E-state index in [4.69, 9.17) is 37.4 Å². The van der Waals surface area contributed by atoms with Gasteiger partial charge >= 0.3 is 12.0 Å². The van der Waals surface area contributed by atoms with Gasteiger partial charge in [-0.15, -0.1) is 0 Å². The third-order valence-electron chi connectivity index (χ3n) is 5.63. The molecule has 0 bridgehead atoms. The van der Waals surface area contributed by atoms with E-state index in [9.17, 15) is 14.7 Å². The summed E-state index contributed by atoms with van der Waals surface area (Å²) in [4.78, 5) is 25.9. The number of carbonyl (C=O) groups is 2. The topological polar surface area (TPSA) is 97.3 Å². The lowest BCUT2D eigenvalue weighted by Crippen LogP contribution is -2.40. The lowest BCUT2D eigenvalue weighted by atomic mass is 10.1. The van der Waals surface area contributed by atoms with Gasteiger partial charge in [0.25, 0.3) is 0 Å². The van der Waals surface area contributed by atoms with Crippen LogP contribution in [0, 0.1) is 0 Å². The number of para-hydroxylation sites is 1. The van der Waals surface area contributed by atoms with E-state index in [0.717, 1.165) is 11.1 Å². The second-order valence-corrected chi connectivity index (χ2v) is 9.47. The van der Waals surface area contributed by atoms with Gasteiger partial charge in [0, 0.05) is 35.3 Å². The highest BCUT2D eigenvalue weighted by Crippen LogP contribution is 2.20. The van der Waals surface area contributed by atoms with Crippen molar-refractivity contribution in [1.29, 1.82) is 0 Å². The molecule has 0 aliphatic carbocycles. The van der Waals surface area contributed by atoms with Crippen LogP contribution in [-0.2, 0) is 27.3 Å². The van der Waals surface area contributed by atoms with E-state index in [2.05, 4.69) is 5.32 Å². The van der Waals surface area contributed by atoms with E-state index in [1.807, 2.05) is 30.3 Å². The fourth-order valence-corrected chi connectivity index (χ4v) is 4.30. The number of nitrogens with zero attached hydrogens (tertiary/aromatic N) is 1. The van der Waals surface area contributed by atoms with Crippen molar-refractivity contribution in [3.05, 3.63) is 94.0 Å². The monoisotopic (exact) mass is 574 g/mol. The maximum atomic E-state index is 13.0. The van der Waals surface area contributed by atoms with Crippen molar-refractivity contribution >= 4 is 40.9 Å². The first kappa shape index (κ1) is 30.2. The van der Waals surface area contributed by atoms with Crippen LogP contribution in [0.3, 0.4) is 0 Å². The molecular weight excluding hydrogens is 543 g/mol. The smallest absolute Gasteiger partial charge is 0.333 e. The van der Waals surface area contributed by atoms with Gasteiger partial charge in [-0.1, -0.05) is 53.5 Å². The maximum absolute atomic E-state index is 13.0. The van der Waals surface area contributed by atoms with Gasteiger partial charge in [-0.3, -0.25) is 0 Å². The first-order valence-corrected chi connectivity index (χ1v) is 13.3. The zero-order chi connectivity index (χ0) is 28.0. The van der Waals surface area contributed by atoms with Crippen LogP contribution in [0.25, 0.3) is 0 Å². The fraction of sp³-hybridized carbons (Fsp3) is 0.310. The fourth-order valence-electron chi connectivity index (χ4n) is 3.73. The number of urea groups is 1. The lowest BCUT2D eigenvalue weighted by Gasteiger charge is -2.23. The number of rotatable bonds is 15. The normalized spacial score (nSPS) is 11.6. The zero-order valence-electron chi connectivity index (χ0n) is 21.6. The van der Waals surface area contributed by atoms with Crippen molar-refractivity contribution in [1.82, 2.24) is 4.90 Å². The highest BCUT2D eigenvalue weighted by molar-refractivity contribution is 6.34. The van der Waals surface area contributed by atoms with Gasteiger partial charge in [-0.05, 0) is 60.5 Å². The second-order valence-electron chi connectivity index (χ2n) is 8.59. The molecule has 3 rings (SSSR count). The first-order chi connectivity index (χ1) is 18.8. The number of carboxylic acids is 1. The summed E-state index contributed by atoms with van der Waals surface area (Å²) in [6.45, 7) is 3.60. The van der Waals surface area contributed by atoms with Crippen LogP contribution in [0.4, 0.5) is 10.5 Å². The molecule has 0 aliphatic heterocycles. The van der Waals surface area contributed by atoms with Crippen LogP contribution in [0.15, 0.2) is 72.8 Å². The van der Waals surface area contributed by atoms with E-state index >= 15 is 0 Å². The number of carbonyl (C=O) groups excluding carboxylic acids is 1. The van der Waals surface area contributed by atoms with Gasteiger partial charge in [-0.25, -0.2) is 9.59 Å². The third-order valence-corrected chi connectivity index (χ3v) is 6.06. The van der Waals surface area contributed by atoms with Crippen molar-refractivity contribution in [3.63, 3.8) is 0 Å². The molecule has 8 nitrogen and oxygen atoms in total. The van der Waals surface area contributed by atoms with Gasteiger partial charge in [0.05, 0.1) is 19.8 Å². The Morgan fingerprint density at radius 3 is 2.23 bits per heavy atom. The number of amides is 2. The van der Waals surface area contributed by atoms with E-state index in [0.29, 0.717) is 54.4 Å². The van der Waals surface area contributed by atoms with E-state index < -0.39 is 12.1 Å². The van der Waals surface area contributed by atoms with Crippen molar-refractivity contribution < 1.29 is 28.9 Å². The number of carboxylic acid groups (broad SMARTS) is 1. The molecule has 0 saturated carbocycles. The lowest BCUT2D eigenvalue weighted by molar-refractivity contribution is -0.149. The molecule has 2 amide bonds. The highest BCUT2D eigenvalue weighted by Gasteiger charge is 2.18. The van der Waals surface area contributed by atoms with Crippen LogP contribution in [0.2, 0.25) is 10.0 Å². The molecular formula is C29H32Cl2N2O6. The largest absolute Gasteiger partial charge is 0.492 e. The molecule has 1 atom stereocenters. The molecule has 10 heteroatoms. The third kappa shape index (κ3) is 10.8. The van der Waals surface area contributed by atoms with Crippen molar-refractivity contribution in [2.45, 2.75) is 26.1 Å². The molecule has 3 aromatic rings. The minimum Gasteiger partial charge on any atom is -0.492 e. The average Bonchev–Trinajstić information content (AvgIpc) is 2.90. The van der Waals surface area contributed by atoms with E-state index in [1.165, 1.54) is 0 Å². The quantitative estimate of drug-likeness (QED) is 0.211. The number of anilines is 1. The van der Waals surface area contributed by atoms with E-state index in [-0.39, 0.29) is 19.1 Å². The molecule has 0 spiro atoms. The molecule has 208 valence electrons. The second kappa shape index (κ2) is 16.0. The summed E-state index contributed by atoms with van der Waals surface area (Å²) in [5, 5.41) is 13.2. The number of nitrogens with one attached hydrogen (secondary N) is 1. The minimum absolute atomic E-state index is 0.252. The summed E-state index contributed by atoms with van der Waals surface area (Å²) in [7, 11) is 0. The number of benzene rings is 3. The summed E-state index contributed by atoms with van der Waals surface area (Å²) < 4.78 is 16.9. The van der Waals surface area contributed by atoms with Crippen LogP contribution < -0.4 is 10.1 Å². The molecule has 3 aromatic carbocycles. The highest BCUT2D eigenvalue weighted by atomic mass is 35.5. The van der Waals surface area contributed by atoms with Crippen LogP contribution in [0.1, 0.15) is 18.1 Å². The van der Waals surface area contributed by atoms with Crippen molar-refractivity contribution in [3.8, 4) is 5.75 Å². The predicted octanol–water partition coefficient (Wildman–Crippen LogP) is 6.16. The molecule has 39 heavy (non-hydrogen) atoms. The first-order valence-electron chi connectivity index (χ1n) is 12.5. The minimum atomic E-state index is -0.994. The summed E-state index contributed by atoms with van der Waals surface area (Å²) >= 11 is 12.1. The molecule has 0 aliphatic rings. The molecule has 0 fully saturated rings. The Morgan fingerprint density at radius 1 is 0.923 bits per heavy atom. The van der Waals surface area contributed by atoms with Crippen molar-refractivity contribution in [2.24, 2.45) is 0 Å². The number of halogens is 2. The summed E-state index contributed by atoms with van der Waals surface area (Å²) in [6, 6.07) is 21.3. The molecule has 0 aromatic heterocycles. The van der Waals surface area contributed by atoms with E-state index in [1.54, 1.807) is 54.3 Å². The van der Waals surface area contributed by atoms with Crippen LogP contribution >= 0.6 is 23.2 Å². The van der Waals surface area contributed by atoms with Gasteiger partial charge in [0.15, 0.2) is 6.10 Å². The van der Waals surface area contributed by atoms with Crippen molar-refractivity contribution in [2.75, 3.05) is 38.2 Å².